The second kappa shape index (κ2) is 10.6. The maximum absolute atomic E-state index is 14.5. The Labute approximate surface area is 219 Å². The van der Waals surface area contributed by atoms with Gasteiger partial charge in [0.1, 0.15) is 17.6 Å². The Morgan fingerprint density at radius 2 is 1.86 bits per heavy atom. The minimum atomic E-state index is -1.16. The van der Waals surface area contributed by atoms with Crippen LogP contribution in [0.4, 0.5) is 5.69 Å². The van der Waals surface area contributed by atoms with E-state index in [1.807, 2.05) is 39.0 Å². The smallest absolute Gasteiger partial charge is 0.310 e. The first-order valence-electron chi connectivity index (χ1n) is 13.5. The summed E-state index contributed by atoms with van der Waals surface area (Å²) in [6.07, 6.45) is 6.13. The van der Waals surface area contributed by atoms with E-state index in [0.29, 0.717) is 38.6 Å². The van der Waals surface area contributed by atoms with Gasteiger partial charge in [-0.1, -0.05) is 44.0 Å². The lowest BCUT2D eigenvalue weighted by atomic mass is 9.65. The van der Waals surface area contributed by atoms with Crippen molar-refractivity contribution in [3.63, 3.8) is 0 Å². The van der Waals surface area contributed by atoms with Gasteiger partial charge in [-0.3, -0.25) is 14.4 Å². The van der Waals surface area contributed by atoms with E-state index in [1.54, 1.807) is 15.9 Å². The van der Waals surface area contributed by atoms with Gasteiger partial charge < -0.3 is 24.7 Å². The van der Waals surface area contributed by atoms with E-state index in [9.17, 15) is 19.5 Å². The molecule has 1 aromatic carbocycles. The molecule has 2 N–H and O–H groups in total. The largest absolute Gasteiger partial charge is 0.481 e. The summed E-state index contributed by atoms with van der Waals surface area (Å²) in [7, 11) is 0. The number of carbonyl (C=O) groups is 3. The molecule has 3 aliphatic heterocycles. The maximum Gasteiger partial charge on any atom is 0.310 e. The molecule has 0 aliphatic carbocycles. The first-order valence-corrected chi connectivity index (χ1v) is 13.5. The molecule has 4 rings (SSSR count). The van der Waals surface area contributed by atoms with E-state index in [-0.39, 0.29) is 25.0 Å². The first kappa shape index (κ1) is 27.3. The Bertz CT molecular complexity index is 1050. The molecule has 202 valence electrons. The fourth-order valence-electron chi connectivity index (χ4n) is 7.16. The van der Waals surface area contributed by atoms with Crippen molar-refractivity contribution >= 4 is 23.5 Å². The number of rotatable bonds is 12. The monoisotopic (exact) mass is 512 g/mol. The van der Waals surface area contributed by atoms with Crippen molar-refractivity contribution in [1.82, 2.24) is 4.90 Å². The summed E-state index contributed by atoms with van der Waals surface area (Å²) in [5.74, 6) is -3.42. The zero-order valence-electron chi connectivity index (χ0n) is 22.2. The third-order valence-corrected chi connectivity index (χ3v) is 8.78. The molecule has 0 aromatic heterocycles. The quantitative estimate of drug-likeness (QED) is 0.327. The van der Waals surface area contributed by atoms with E-state index in [0.717, 1.165) is 29.7 Å². The van der Waals surface area contributed by atoms with Gasteiger partial charge in [-0.25, -0.2) is 0 Å². The molecule has 8 heteroatoms. The summed E-state index contributed by atoms with van der Waals surface area (Å²) in [6.45, 7) is 10.4. The van der Waals surface area contributed by atoms with Crippen LogP contribution in [-0.2, 0) is 19.1 Å². The highest BCUT2D eigenvalue weighted by Gasteiger charge is 2.79. The summed E-state index contributed by atoms with van der Waals surface area (Å²) in [6, 6.07) is 4.95. The Hall–Kier alpha value is -2.71. The van der Waals surface area contributed by atoms with Crippen LogP contribution in [0, 0.1) is 25.7 Å². The number of ether oxygens (including phenoxy) is 1. The number of benzene rings is 1. The molecule has 0 radical (unpaired) electrons. The number of hydrogen-bond donors (Lipinski definition) is 2. The lowest BCUT2D eigenvalue weighted by molar-refractivity contribution is -0.155. The van der Waals surface area contributed by atoms with Crippen LogP contribution in [-0.4, -0.2) is 69.8 Å². The van der Waals surface area contributed by atoms with Crippen molar-refractivity contribution in [3.8, 4) is 0 Å². The molecule has 37 heavy (non-hydrogen) atoms. The van der Waals surface area contributed by atoms with E-state index in [4.69, 9.17) is 9.84 Å². The number of carboxylic acid groups (broad SMARTS) is 1. The Balaban J connectivity index is 1.78. The number of aliphatic carboxylic acids is 1. The molecule has 8 nitrogen and oxygen atoms in total. The number of aliphatic hydroxyl groups is 1. The van der Waals surface area contributed by atoms with Gasteiger partial charge in [-0.05, 0) is 57.1 Å². The molecule has 3 fully saturated rings. The highest BCUT2D eigenvalue weighted by atomic mass is 16.5. The molecule has 3 saturated heterocycles. The predicted molar refractivity (Wildman–Crippen MR) is 140 cm³/mol. The Morgan fingerprint density at radius 1 is 1.19 bits per heavy atom. The molecule has 3 aliphatic rings. The third kappa shape index (κ3) is 4.28. The van der Waals surface area contributed by atoms with Crippen molar-refractivity contribution in [1.29, 1.82) is 0 Å². The van der Waals surface area contributed by atoms with E-state index < -0.39 is 35.0 Å². The van der Waals surface area contributed by atoms with Gasteiger partial charge >= 0.3 is 5.97 Å². The number of aryl methyl sites for hydroxylation is 2. The standard InChI is InChI=1S/C29H40N2O6/c1-5-16-30(23-19(3)12-11-13-20(23)4)26(34)24-29-15-14-28(6-2,37-29)22(27(35)36)21(29)25(33)31(24)17-9-7-8-10-18-32/h5,11-13,21-22,24,32H,1,6-10,14-18H2,2-4H3,(H,35,36)/t21-,22+,24?,28-,29?/m0/s1. The molecule has 3 heterocycles. The Morgan fingerprint density at radius 3 is 2.46 bits per heavy atom. The lowest BCUT2D eigenvalue weighted by Gasteiger charge is -2.37. The number of para-hydroxylation sites is 1. The van der Waals surface area contributed by atoms with Crippen molar-refractivity contribution in [2.45, 2.75) is 83.0 Å². The van der Waals surface area contributed by atoms with Gasteiger partial charge in [0.05, 0.1) is 11.5 Å². The molecule has 0 saturated carbocycles. The van der Waals surface area contributed by atoms with Gasteiger partial charge in [-0.15, -0.1) is 6.58 Å². The molecule has 5 atom stereocenters. The van der Waals surface area contributed by atoms with Crippen molar-refractivity contribution in [2.24, 2.45) is 11.8 Å². The van der Waals surface area contributed by atoms with Crippen LogP contribution in [0.3, 0.4) is 0 Å². The first-order chi connectivity index (χ1) is 17.7. The van der Waals surface area contributed by atoms with Gasteiger partial charge in [0.2, 0.25) is 5.91 Å². The Kier molecular flexibility index (Phi) is 7.81. The molecular weight excluding hydrogens is 472 g/mol. The number of nitrogens with zero attached hydrogens (tertiary/aromatic N) is 2. The van der Waals surface area contributed by atoms with E-state index >= 15 is 0 Å². The molecule has 2 amide bonds. The zero-order valence-corrected chi connectivity index (χ0v) is 22.2. The molecular formula is C29H40N2O6. The fourth-order valence-corrected chi connectivity index (χ4v) is 7.16. The lowest BCUT2D eigenvalue weighted by Crippen LogP contribution is -2.56. The van der Waals surface area contributed by atoms with E-state index in [1.165, 1.54) is 0 Å². The van der Waals surface area contributed by atoms with Crippen molar-refractivity contribution in [2.75, 3.05) is 24.6 Å². The van der Waals surface area contributed by atoms with Crippen LogP contribution in [0.1, 0.15) is 63.0 Å². The number of aliphatic hydroxyl groups excluding tert-OH is 1. The number of fused-ring (bicyclic) bond motifs is 1. The number of unbranched alkanes of at least 4 members (excludes halogenated alkanes) is 3. The SMILES string of the molecule is C=CCN(C(=O)C1N(CCCCCCO)C(=O)[C@@H]2[C@H](C(=O)O)[C@]3(CC)CCC12O3)c1c(C)cccc1C. The van der Waals surface area contributed by atoms with Crippen LogP contribution < -0.4 is 4.90 Å². The number of amides is 2. The molecule has 1 spiro atoms. The molecule has 2 unspecified atom stereocenters. The number of carbonyl (C=O) groups excluding carboxylic acids is 2. The zero-order chi connectivity index (χ0) is 27.0. The van der Waals surface area contributed by atoms with Gasteiger partial charge in [-0.2, -0.15) is 0 Å². The second-order valence-electron chi connectivity index (χ2n) is 10.8. The van der Waals surface area contributed by atoms with Crippen LogP contribution >= 0.6 is 0 Å². The van der Waals surface area contributed by atoms with Gasteiger partial charge in [0.15, 0.2) is 0 Å². The number of likely N-dealkylation sites (tertiary alicyclic amines) is 1. The molecule has 2 bridgehead atoms. The summed E-state index contributed by atoms with van der Waals surface area (Å²) in [4.78, 5) is 44.3. The van der Waals surface area contributed by atoms with Crippen molar-refractivity contribution < 1.29 is 29.3 Å². The maximum atomic E-state index is 14.5. The van der Waals surface area contributed by atoms with Crippen LogP contribution in [0.5, 0.6) is 0 Å². The van der Waals surface area contributed by atoms with Crippen LogP contribution in [0.2, 0.25) is 0 Å². The van der Waals surface area contributed by atoms with Gasteiger partial charge in [0, 0.05) is 25.4 Å². The average molecular weight is 513 g/mol. The number of anilines is 1. The number of carboxylic acids is 1. The van der Waals surface area contributed by atoms with Crippen LogP contribution in [0.25, 0.3) is 0 Å². The summed E-state index contributed by atoms with van der Waals surface area (Å²) in [5, 5.41) is 19.4. The fraction of sp³-hybridized carbons (Fsp3) is 0.621. The minimum absolute atomic E-state index is 0.120. The summed E-state index contributed by atoms with van der Waals surface area (Å²) in [5.41, 5.74) is 0.576. The normalized spacial score (nSPS) is 30.0. The molecule has 1 aromatic rings. The van der Waals surface area contributed by atoms with Crippen molar-refractivity contribution in [3.05, 3.63) is 42.0 Å². The highest BCUT2D eigenvalue weighted by molar-refractivity contribution is 6.05. The summed E-state index contributed by atoms with van der Waals surface area (Å²) < 4.78 is 6.65. The minimum Gasteiger partial charge on any atom is -0.481 e. The van der Waals surface area contributed by atoms with Gasteiger partial charge in [0.25, 0.3) is 5.91 Å². The predicted octanol–water partition coefficient (Wildman–Crippen LogP) is 3.61. The number of hydrogen-bond acceptors (Lipinski definition) is 5. The average Bonchev–Trinajstić information content (AvgIpc) is 3.46. The van der Waals surface area contributed by atoms with E-state index in [2.05, 4.69) is 6.58 Å². The second-order valence-corrected chi connectivity index (χ2v) is 10.8. The third-order valence-electron chi connectivity index (χ3n) is 8.78. The van der Waals surface area contributed by atoms with Crippen LogP contribution in [0.15, 0.2) is 30.9 Å². The summed E-state index contributed by atoms with van der Waals surface area (Å²) >= 11 is 0. The topological polar surface area (TPSA) is 107 Å². The highest BCUT2D eigenvalue weighted by Crippen LogP contribution is 2.64.